The van der Waals surface area contributed by atoms with Gasteiger partial charge in [0, 0.05) is 29.4 Å². The molecule has 168 valence electrons. The summed E-state index contributed by atoms with van der Waals surface area (Å²) in [5.74, 6) is -0.305. The van der Waals surface area contributed by atoms with Crippen LogP contribution in [0.15, 0.2) is 89.3 Å². The molecule has 1 heterocycles. The van der Waals surface area contributed by atoms with E-state index in [4.69, 9.17) is 4.74 Å². The Bertz CT molecular complexity index is 1340. The normalized spacial score (nSPS) is 11.1. The first-order chi connectivity index (χ1) is 15.9. The van der Waals surface area contributed by atoms with Gasteiger partial charge < -0.3 is 10.1 Å². The second-order valence-electron chi connectivity index (χ2n) is 6.87. The lowest BCUT2D eigenvalue weighted by molar-refractivity contribution is 0.0951. The van der Waals surface area contributed by atoms with E-state index in [0.29, 0.717) is 23.1 Å². The van der Waals surface area contributed by atoms with Crippen LogP contribution in [0.3, 0.4) is 0 Å². The maximum atomic E-state index is 13.3. The van der Waals surface area contributed by atoms with Gasteiger partial charge in [0.25, 0.3) is 21.1 Å². The third-order valence-corrected chi connectivity index (χ3v) is 6.52. The molecule has 0 bridgehead atoms. The molecule has 1 aromatic heterocycles. The zero-order chi connectivity index (χ0) is 23.3. The van der Waals surface area contributed by atoms with E-state index in [-0.39, 0.29) is 16.5 Å². The van der Waals surface area contributed by atoms with Crippen molar-refractivity contribution in [2.24, 2.45) is 0 Å². The molecule has 0 radical (unpaired) electrons. The van der Waals surface area contributed by atoms with Gasteiger partial charge in [0.1, 0.15) is 11.6 Å². The highest BCUT2D eigenvalue weighted by atomic mass is 32.2. The van der Waals surface area contributed by atoms with Crippen LogP contribution in [0.2, 0.25) is 0 Å². The van der Waals surface area contributed by atoms with Crippen molar-refractivity contribution in [3.8, 4) is 10.9 Å². The van der Waals surface area contributed by atoms with Crippen LogP contribution in [0.4, 0.5) is 10.1 Å². The van der Waals surface area contributed by atoms with E-state index in [1.54, 1.807) is 18.3 Å². The van der Waals surface area contributed by atoms with E-state index in [1.807, 2.05) is 17.5 Å². The van der Waals surface area contributed by atoms with Crippen LogP contribution in [-0.4, -0.2) is 19.3 Å². The SMILES string of the molecule is O=C(NCc1ccc(Oc2nccs2)cc1)c1ccc(NS(=O)(=O)c2cccc(F)c2)cc1. The molecule has 0 spiro atoms. The van der Waals surface area contributed by atoms with Crippen LogP contribution in [-0.2, 0) is 16.6 Å². The molecule has 2 N–H and O–H groups in total. The number of hydrogen-bond acceptors (Lipinski definition) is 6. The molecule has 10 heteroatoms. The lowest BCUT2D eigenvalue weighted by atomic mass is 10.2. The Balaban J connectivity index is 1.33. The topological polar surface area (TPSA) is 97.4 Å². The molecular weight excluding hydrogens is 465 g/mol. The summed E-state index contributed by atoms with van der Waals surface area (Å²) in [5, 5.41) is 5.19. The van der Waals surface area contributed by atoms with Crippen LogP contribution in [0.5, 0.6) is 10.9 Å². The Labute approximate surface area is 193 Å². The van der Waals surface area contributed by atoms with Crippen LogP contribution in [0.25, 0.3) is 0 Å². The largest absolute Gasteiger partial charge is 0.431 e. The van der Waals surface area contributed by atoms with Gasteiger partial charge in [0.2, 0.25) is 0 Å². The summed E-state index contributed by atoms with van der Waals surface area (Å²) in [7, 11) is -3.94. The quantitative estimate of drug-likeness (QED) is 0.375. The molecule has 3 aromatic carbocycles. The van der Waals surface area contributed by atoms with E-state index in [0.717, 1.165) is 17.7 Å². The van der Waals surface area contributed by atoms with Crippen molar-refractivity contribution in [3.63, 3.8) is 0 Å². The number of sulfonamides is 1. The zero-order valence-electron chi connectivity index (χ0n) is 17.1. The smallest absolute Gasteiger partial charge is 0.278 e. The highest BCUT2D eigenvalue weighted by Crippen LogP contribution is 2.23. The third kappa shape index (κ3) is 5.93. The molecule has 0 saturated heterocycles. The lowest BCUT2D eigenvalue weighted by Gasteiger charge is -2.10. The molecule has 0 unspecified atom stereocenters. The minimum Gasteiger partial charge on any atom is -0.431 e. The number of aromatic nitrogens is 1. The number of ether oxygens (including phenoxy) is 1. The van der Waals surface area contributed by atoms with E-state index in [2.05, 4.69) is 15.0 Å². The number of thiazole rings is 1. The summed E-state index contributed by atoms with van der Waals surface area (Å²) in [6, 6.07) is 17.9. The second-order valence-corrected chi connectivity index (χ2v) is 9.41. The number of halogens is 1. The van der Waals surface area contributed by atoms with Gasteiger partial charge in [-0.25, -0.2) is 17.8 Å². The molecule has 33 heavy (non-hydrogen) atoms. The lowest BCUT2D eigenvalue weighted by Crippen LogP contribution is -2.22. The summed E-state index contributed by atoms with van der Waals surface area (Å²) >= 11 is 1.39. The summed E-state index contributed by atoms with van der Waals surface area (Å²) in [6.45, 7) is 0.310. The number of carbonyl (C=O) groups is 1. The van der Waals surface area contributed by atoms with Gasteiger partial charge >= 0.3 is 0 Å². The molecule has 0 saturated carbocycles. The fourth-order valence-corrected chi connectivity index (χ4v) is 4.45. The number of rotatable bonds is 8. The van der Waals surface area contributed by atoms with Crippen molar-refractivity contribution >= 4 is 33.0 Å². The van der Waals surface area contributed by atoms with Gasteiger partial charge in [0.05, 0.1) is 4.90 Å². The molecule has 0 aliphatic carbocycles. The van der Waals surface area contributed by atoms with Gasteiger partial charge in [-0.3, -0.25) is 9.52 Å². The number of hydrogen-bond donors (Lipinski definition) is 2. The van der Waals surface area contributed by atoms with Crippen LogP contribution < -0.4 is 14.8 Å². The molecular formula is C23H18FN3O4S2. The molecule has 0 aliphatic heterocycles. The van der Waals surface area contributed by atoms with Gasteiger partial charge in [-0.1, -0.05) is 29.5 Å². The monoisotopic (exact) mass is 483 g/mol. The maximum absolute atomic E-state index is 13.3. The van der Waals surface area contributed by atoms with E-state index in [9.17, 15) is 17.6 Å². The Morgan fingerprint density at radius 3 is 2.45 bits per heavy atom. The molecule has 4 aromatic rings. The zero-order valence-corrected chi connectivity index (χ0v) is 18.7. The highest BCUT2D eigenvalue weighted by Gasteiger charge is 2.15. The Kier molecular flexibility index (Phi) is 6.66. The first-order valence-electron chi connectivity index (χ1n) is 9.72. The second kappa shape index (κ2) is 9.80. The van der Waals surface area contributed by atoms with Crippen molar-refractivity contribution in [1.82, 2.24) is 10.3 Å². The van der Waals surface area contributed by atoms with Crippen molar-refractivity contribution in [3.05, 3.63) is 101 Å². The molecule has 1 amide bonds. The van der Waals surface area contributed by atoms with Crippen LogP contribution >= 0.6 is 11.3 Å². The Hall–Kier alpha value is -3.76. The van der Waals surface area contributed by atoms with Crippen LogP contribution in [0.1, 0.15) is 15.9 Å². The van der Waals surface area contributed by atoms with E-state index in [1.165, 1.54) is 47.7 Å². The summed E-state index contributed by atoms with van der Waals surface area (Å²) in [6.07, 6.45) is 1.66. The fourth-order valence-electron chi connectivity index (χ4n) is 2.86. The number of nitrogens with zero attached hydrogens (tertiary/aromatic N) is 1. The molecule has 0 fully saturated rings. The van der Waals surface area contributed by atoms with E-state index < -0.39 is 15.8 Å². The van der Waals surface area contributed by atoms with Gasteiger partial charge in [-0.15, -0.1) is 0 Å². The van der Waals surface area contributed by atoms with Crippen LogP contribution in [0, 0.1) is 5.82 Å². The number of amides is 1. The van der Waals surface area contributed by atoms with E-state index >= 15 is 0 Å². The van der Waals surface area contributed by atoms with Crippen molar-refractivity contribution < 1.29 is 22.3 Å². The summed E-state index contributed by atoms with van der Waals surface area (Å²) < 4.78 is 46.0. The van der Waals surface area contributed by atoms with Gasteiger partial charge in [0.15, 0.2) is 0 Å². The van der Waals surface area contributed by atoms with Crippen molar-refractivity contribution in [1.29, 1.82) is 0 Å². The number of benzene rings is 3. The Morgan fingerprint density at radius 1 is 1.03 bits per heavy atom. The fraction of sp³-hybridized carbons (Fsp3) is 0.0435. The number of anilines is 1. The molecule has 7 nitrogen and oxygen atoms in total. The molecule has 0 atom stereocenters. The number of carbonyl (C=O) groups excluding carboxylic acids is 1. The predicted octanol–water partition coefficient (Wildman–Crippen LogP) is 4.81. The minimum absolute atomic E-state index is 0.188. The number of nitrogens with one attached hydrogen (secondary N) is 2. The summed E-state index contributed by atoms with van der Waals surface area (Å²) in [4.78, 5) is 16.3. The first-order valence-corrected chi connectivity index (χ1v) is 12.1. The third-order valence-electron chi connectivity index (χ3n) is 4.50. The minimum atomic E-state index is -3.94. The maximum Gasteiger partial charge on any atom is 0.278 e. The average molecular weight is 484 g/mol. The first kappa shape index (κ1) is 22.4. The molecule has 4 rings (SSSR count). The predicted molar refractivity (Wildman–Crippen MR) is 123 cm³/mol. The average Bonchev–Trinajstić information content (AvgIpc) is 3.32. The van der Waals surface area contributed by atoms with Crippen molar-refractivity contribution in [2.45, 2.75) is 11.4 Å². The Morgan fingerprint density at radius 2 is 1.79 bits per heavy atom. The highest BCUT2D eigenvalue weighted by molar-refractivity contribution is 7.92. The van der Waals surface area contributed by atoms with Gasteiger partial charge in [-0.05, 0) is 60.2 Å². The van der Waals surface area contributed by atoms with Gasteiger partial charge in [-0.2, -0.15) is 0 Å². The summed E-state index contributed by atoms with van der Waals surface area (Å²) in [5.41, 5.74) is 1.51. The van der Waals surface area contributed by atoms with Crippen molar-refractivity contribution in [2.75, 3.05) is 4.72 Å². The standard InChI is InChI=1S/C23H18FN3O4S2/c24-18-2-1-3-21(14-18)33(29,30)27-19-8-6-17(7-9-19)22(28)26-15-16-4-10-20(11-5-16)31-23-25-12-13-32-23/h1-14,27H,15H2,(H,26,28). The molecule has 0 aliphatic rings.